The Morgan fingerprint density at radius 2 is 2.17 bits per heavy atom. The van der Waals surface area contributed by atoms with Gasteiger partial charge in [-0.3, -0.25) is 10.1 Å². The number of anilines is 2. The molecule has 2 saturated carbocycles. The van der Waals surface area contributed by atoms with Crippen LogP contribution in [0, 0.1) is 22.0 Å². The molecule has 2 fully saturated rings. The van der Waals surface area contributed by atoms with Crippen LogP contribution >= 0.6 is 0 Å². The van der Waals surface area contributed by atoms with Crippen molar-refractivity contribution >= 4 is 28.1 Å². The van der Waals surface area contributed by atoms with Gasteiger partial charge in [0.15, 0.2) is 0 Å². The Kier molecular flexibility index (Phi) is 3.70. The summed E-state index contributed by atoms with van der Waals surface area (Å²) in [5, 5.41) is 18.7. The van der Waals surface area contributed by atoms with E-state index in [1.54, 1.807) is 12.1 Å². The third-order valence-electron chi connectivity index (χ3n) is 5.38. The van der Waals surface area contributed by atoms with Gasteiger partial charge in [0.2, 0.25) is 0 Å². The van der Waals surface area contributed by atoms with Gasteiger partial charge in [0.25, 0.3) is 5.69 Å². The predicted molar refractivity (Wildman–Crippen MR) is 93.2 cm³/mol. The number of rotatable bonds is 5. The molecule has 2 N–H and O–H groups in total. The van der Waals surface area contributed by atoms with Crippen LogP contribution in [0.1, 0.15) is 32.6 Å². The van der Waals surface area contributed by atoms with Crippen LogP contribution in [0.3, 0.4) is 0 Å². The molecule has 2 bridgehead atoms. The summed E-state index contributed by atoms with van der Waals surface area (Å²) in [4.78, 5) is 19.7. The molecule has 0 amide bonds. The number of fused-ring (bicyclic) bond motifs is 3. The predicted octanol–water partition coefficient (Wildman–Crippen LogP) is 3.57. The van der Waals surface area contributed by atoms with Crippen molar-refractivity contribution < 1.29 is 4.92 Å². The van der Waals surface area contributed by atoms with E-state index in [0.29, 0.717) is 35.4 Å². The maximum Gasteiger partial charge on any atom is 0.293 e. The van der Waals surface area contributed by atoms with Gasteiger partial charge in [-0.2, -0.15) is 0 Å². The summed E-state index contributed by atoms with van der Waals surface area (Å²) < 4.78 is 0. The SMILES string of the molecule is CCNc1cc2ncnc(NC3CC4CCC3C4)c2cc1[N+](=O)[O-]. The molecule has 0 radical (unpaired) electrons. The number of aromatic nitrogens is 2. The lowest BCUT2D eigenvalue weighted by Gasteiger charge is -2.24. The minimum Gasteiger partial charge on any atom is -0.380 e. The quantitative estimate of drug-likeness (QED) is 0.644. The highest BCUT2D eigenvalue weighted by molar-refractivity contribution is 5.94. The third kappa shape index (κ3) is 2.53. The molecule has 3 unspecified atom stereocenters. The van der Waals surface area contributed by atoms with Crippen molar-refractivity contribution in [3.8, 4) is 0 Å². The van der Waals surface area contributed by atoms with Crippen LogP contribution in [0.15, 0.2) is 18.5 Å². The van der Waals surface area contributed by atoms with E-state index in [-0.39, 0.29) is 10.6 Å². The van der Waals surface area contributed by atoms with Crippen LogP contribution < -0.4 is 10.6 Å². The number of hydrogen-bond donors (Lipinski definition) is 2. The Morgan fingerprint density at radius 3 is 2.83 bits per heavy atom. The zero-order valence-electron chi connectivity index (χ0n) is 13.7. The molecule has 2 aromatic rings. The van der Waals surface area contributed by atoms with Gasteiger partial charge in [-0.25, -0.2) is 9.97 Å². The molecule has 3 atom stereocenters. The van der Waals surface area contributed by atoms with E-state index in [1.807, 2.05) is 6.92 Å². The highest BCUT2D eigenvalue weighted by atomic mass is 16.6. The van der Waals surface area contributed by atoms with Gasteiger partial charge in [-0.15, -0.1) is 0 Å². The van der Waals surface area contributed by atoms with Gasteiger partial charge in [0, 0.05) is 24.0 Å². The second-order valence-electron chi connectivity index (χ2n) is 6.82. The van der Waals surface area contributed by atoms with Gasteiger partial charge < -0.3 is 10.6 Å². The zero-order valence-corrected chi connectivity index (χ0v) is 13.7. The second kappa shape index (κ2) is 5.89. The fraction of sp³-hybridized carbons (Fsp3) is 0.529. The largest absolute Gasteiger partial charge is 0.380 e. The number of nitro groups is 1. The van der Waals surface area contributed by atoms with Crippen molar-refractivity contribution in [1.82, 2.24) is 9.97 Å². The van der Waals surface area contributed by atoms with Crippen molar-refractivity contribution in [2.45, 2.75) is 38.6 Å². The molecule has 7 nitrogen and oxygen atoms in total. The maximum absolute atomic E-state index is 11.4. The van der Waals surface area contributed by atoms with Gasteiger partial charge in [-0.05, 0) is 44.1 Å². The lowest BCUT2D eigenvalue weighted by molar-refractivity contribution is -0.383. The summed E-state index contributed by atoms with van der Waals surface area (Å²) in [5.41, 5.74) is 1.28. The van der Waals surface area contributed by atoms with Crippen LogP contribution in [-0.2, 0) is 0 Å². The topological polar surface area (TPSA) is 93.0 Å². The normalized spacial score (nSPS) is 25.1. The third-order valence-corrected chi connectivity index (χ3v) is 5.38. The number of nitro benzene ring substituents is 1. The molecule has 1 heterocycles. The van der Waals surface area contributed by atoms with E-state index in [0.717, 1.165) is 11.4 Å². The summed E-state index contributed by atoms with van der Waals surface area (Å²) in [5.74, 6) is 2.25. The minimum absolute atomic E-state index is 0.0649. The van der Waals surface area contributed by atoms with Crippen molar-refractivity contribution in [2.75, 3.05) is 17.2 Å². The van der Waals surface area contributed by atoms with Crippen LogP contribution in [0.25, 0.3) is 10.9 Å². The summed E-state index contributed by atoms with van der Waals surface area (Å²) in [6.45, 7) is 2.53. The lowest BCUT2D eigenvalue weighted by atomic mass is 9.95. The number of nitrogens with zero attached hydrogens (tertiary/aromatic N) is 3. The first kappa shape index (κ1) is 15.1. The number of benzene rings is 1. The van der Waals surface area contributed by atoms with E-state index in [4.69, 9.17) is 0 Å². The number of nitrogens with one attached hydrogen (secondary N) is 2. The van der Waals surface area contributed by atoms with E-state index < -0.39 is 0 Å². The van der Waals surface area contributed by atoms with Crippen molar-refractivity contribution in [3.05, 3.63) is 28.6 Å². The van der Waals surface area contributed by atoms with Gasteiger partial charge in [0.05, 0.1) is 10.4 Å². The van der Waals surface area contributed by atoms with Crippen LogP contribution in [-0.4, -0.2) is 27.5 Å². The van der Waals surface area contributed by atoms with Crippen molar-refractivity contribution in [2.24, 2.45) is 11.8 Å². The lowest BCUT2D eigenvalue weighted by Crippen LogP contribution is -2.26. The van der Waals surface area contributed by atoms with E-state index in [2.05, 4.69) is 20.6 Å². The fourth-order valence-corrected chi connectivity index (χ4v) is 4.29. The standard InChI is InChI=1S/C17H21N5O2/c1-2-18-15-8-14-12(7-16(15)22(23)24)17(20-9-19-14)21-13-6-10-3-4-11(13)5-10/h7-11,13,18H,2-6H2,1H3,(H,19,20,21). The van der Waals surface area contributed by atoms with E-state index in [9.17, 15) is 10.1 Å². The molecule has 0 saturated heterocycles. The molecule has 0 aliphatic heterocycles. The second-order valence-corrected chi connectivity index (χ2v) is 6.82. The Hall–Kier alpha value is -2.44. The molecular formula is C17H21N5O2. The monoisotopic (exact) mass is 327 g/mol. The first-order valence-corrected chi connectivity index (χ1v) is 8.59. The molecule has 24 heavy (non-hydrogen) atoms. The molecule has 1 aromatic carbocycles. The molecule has 1 aromatic heterocycles. The van der Waals surface area contributed by atoms with Crippen molar-refractivity contribution in [1.29, 1.82) is 0 Å². The van der Waals surface area contributed by atoms with Crippen LogP contribution in [0.2, 0.25) is 0 Å². The average Bonchev–Trinajstić information content (AvgIpc) is 3.17. The van der Waals surface area contributed by atoms with Gasteiger partial charge in [-0.1, -0.05) is 6.42 Å². The smallest absolute Gasteiger partial charge is 0.293 e. The molecule has 2 aliphatic carbocycles. The Morgan fingerprint density at radius 1 is 1.29 bits per heavy atom. The van der Waals surface area contributed by atoms with Crippen molar-refractivity contribution in [3.63, 3.8) is 0 Å². The van der Waals surface area contributed by atoms with Crippen LogP contribution in [0.5, 0.6) is 0 Å². The van der Waals surface area contributed by atoms with E-state index >= 15 is 0 Å². The zero-order chi connectivity index (χ0) is 16.7. The minimum atomic E-state index is -0.355. The molecular weight excluding hydrogens is 306 g/mol. The average molecular weight is 327 g/mol. The first-order valence-electron chi connectivity index (χ1n) is 8.59. The molecule has 7 heteroatoms. The fourth-order valence-electron chi connectivity index (χ4n) is 4.29. The van der Waals surface area contributed by atoms with Gasteiger partial charge >= 0.3 is 0 Å². The Labute approximate surface area is 140 Å². The Bertz CT molecular complexity index is 794. The first-order chi connectivity index (χ1) is 11.7. The van der Waals surface area contributed by atoms with E-state index in [1.165, 1.54) is 32.0 Å². The number of hydrogen-bond acceptors (Lipinski definition) is 6. The van der Waals surface area contributed by atoms with Gasteiger partial charge in [0.1, 0.15) is 17.8 Å². The highest BCUT2D eigenvalue weighted by Gasteiger charge is 2.39. The Balaban J connectivity index is 1.73. The summed E-state index contributed by atoms with van der Waals surface area (Å²) in [7, 11) is 0. The summed E-state index contributed by atoms with van der Waals surface area (Å²) in [6, 6.07) is 3.75. The maximum atomic E-state index is 11.4. The molecule has 126 valence electrons. The summed E-state index contributed by atoms with van der Waals surface area (Å²) in [6.07, 6.45) is 6.61. The summed E-state index contributed by atoms with van der Waals surface area (Å²) >= 11 is 0. The molecule has 0 spiro atoms. The highest BCUT2D eigenvalue weighted by Crippen LogP contribution is 2.46. The molecule has 2 aliphatic rings. The van der Waals surface area contributed by atoms with Crippen LogP contribution in [0.4, 0.5) is 17.2 Å². The molecule has 4 rings (SSSR count).